The fourth-order valence-corrected chi connectivity index (χ4v) is 14.1. The molecule has 10 aromatic carbocycles. The second-order valence-corrected chi connectivity index (χ2v) is 34.1. The van der Waals surface area contributed by atoms with Crippen LogP contribution in [0.15, 0.2) is 211 Å². The first-order chi connectivity index (χ1) is 44.0. The summed E-state index contributed by atoms with van der Waals surface area (Å²) < 4.78 is 7.26. The Bertz CT molecular complexity index is 4560. The second kappa shape index (κ2) is 22.5. The van der Waals surface area contributed by atoms with Crippen LogP contribution in [0.5, 0.6) is 0 Å². The van der Waals surface area contributed by atoms with Gasteiger partial charge in [0, 0.05) is 67.6 Å². The first-order valence-electron chi connectivity index (χ1n) is 34.2. The number of hydrogen-bond donors (Lipinski definition) is 0. The summed E-state index contributed by atoms with van der Waals surface area (Å²) in [5.74, 6) is 0. The van der Waals surface area contributed by atoms with Crippen LogP contribution in [0.1, 0.15) is 184 Å². The molecule has 0 unspecified atom stereocenters. The molecule has 0 atom stereocenters. The first kappa shape index (κ1) is 64.0. The van der Waals surface area contributed by atoms with Crippen molar-refractivity contribution >= 4 is 113 Å². The van der Waals surface area contributed by atoms with Crippen LogP contribution < -0.4 is 36.0 Å². The molecule has 0 aliphatic carbocycles. The number of fused-ring (bicyclic) bond motifs is 7. The van der Waals surface area contributed by atoms with E-state index in [0.29, 0.717) is 0 Å². The summed E-state index contributed by atoms with van der Waals surface area (Å²) in [6, 6.07) is 79.7. The van der Waals surface area contributed by atoms with E-state index in [2.05, 4.69) is 371 Å². The molecule has 0 amide bonds. The molecule has 0 bridgehead atoms. The molecule has 13 rings (SSSR count). The summed E-state index contributed by atoms with van der Waals surface area (Å²) in [6.45, 7) is 48.5. The van der Waals surface area contributed by atoms with Gasteiger partial charge in [0.2, 0.25) is 0 Å². The van der Waals surface area contributed by atoms with Crippen LogP contribution in [0.2, 0.25) is 0 Å². The van der Waals surface area contributed by atoms with Crippen LogP contribution in [0.4, 0.5) is 68.2 Å². The summed E-state index contributed by atoms with van der Waals surface area (Å²) in [5, 5.41) is 2.11. The average Bonchev–Trinajstić information content (AvgIpc) is 0.710. The van der Waals surface area contributed by atoms with Crippen molar-refractivity contribution in [2.24, 2.45) is 0 Å². The number of para-hydroxylation sites is 1. The Kier molecular flexibility index (Phi) is 15.3. The van der Waals surface area contributed by atoms with Crippen molar-refractivity contribution in [2.45, 2.75) is 183 Å². The molecule has 11 aromatic rings. The van der Waals surface area contributed by atoms with Crippen molar-refractivity contribution in [3.63, 3.8) is 0 Å². The smallest absolute Gasteiger partial charge is 0.252 e. The Hall–Kier alpha value is -8.74. The van der Waals surface area contributed by atoms with Gasteiger partial charge in [-0.15, -0.1) is 0 Å². The zero-order chi connectivity index (χ0) is 67.1. The molecule has 0 saturated carbocycles. The van der Waals surface area contributed by atoms with E-state index in [1.807, 2.05) is 0 Å². The fourth-order valence-electron chi connectivity index (χ4n) is 14.1. The third-order valence-corrected chi connectivity index (χ3v) is 19.9. The highest BCUT2D eigenvalue weighted by Crippen LogP contribution is 2.53. The summed E-state index contributed by atoms with van der Waals surface area (Å²) in [5.41, 5.74) is 27.2. The van der Waals surface area contributed by atoms with Crippen LogP contribution in [0.25, 0.3) is 21.9 Å². The minimum atomic E-state index is -0.142. The lowest BCUT2D eigenvalue weighted by molar-refractivity contribution is 0.590. The minimum Gasteiger partial charge on any atom is -0.454 e. The summed E-state index contributed by atoms with van der Waals surface area (Å²) in [6.07, 6.45) is 0. The second-order valence-electron chi connectivity index (χ2n) is 34.1. The zero-order valence-corrected chi connectivity index (χ0v) is 59.9. The third kappa shape index (κ3) is 11.6. The molecular formula is C88H97BN4O. The van der Waals surface area contributed by atoms with Crippen molar-refractivity contribution in [1.82, 2.24) is 0 Å². The van der Waals surface area contributed by atoms with Gasteiger partial charge in [-0.3, -0.25) is 0 Å². The Morgan fingerprint density at radius 2 is 0.628 bits per heavy atom. The monoisotopic (exact) mass is 1240 g/mol. The predicted octanol–water partition coefficient (Wildman–Crippen LogP) is 23.7. The molecule has 478 valence electrons. The number of furan rings is 1. The van der Waals surface area contributed by atoms with Crippen molar-refractivity contribution in [1.29, 1.82) is 0 Å². The maximum atomic E-state index is 7.26. The Morgan fingerprint density at radius 3 is 1.01 bits per heavy atom. The van der Waals surface area contributed by atoms with Crippen LogP contribution in [-0.4, -0.2) is 6.71 Å². The largest absolute Gasteiger partial charge is 0.454 e. The number of hydrogen-bond acceptors (Lipinski definition) is 5. The molecule has 0 fully saturated rings. The molecule has 0 N–H and O–H groups in total. The van der Waals surface area contributed by atoms with Gasteiger partial charge in [-0.2, -0.15) is 0 Å². The molecular weight excluding hydrogens is 1140 g/mol. The van der Waals surface area contributed by atoms with Gasteiger partial charge in [-0.1, -0.05) is 249 Å². The number of nitrogens with zero attached hydrogens (tertiary/aromatic N) is 4. The van der Waals surface area contributed by atoms with Gasteiger partial charge >= 0.3 is 0 Å². The van der Waals surface area contributed by atoms with E-state index >= 15 is 0 Å². The Morgan fingerprint density at radius 1 is 0.287 bits per heavy atom. The van der Waals surface area contributed by atoms with Crippen molar-refractivity contribution < 1.29 is 4.42 Å². The molecule has 2 aliphatic heterocycles. The van der Waals surface area contributed by atoms with E-state index in [1.165, 1.54) is 61.0 Å². The van der Waals surface area contributed by atoms with E-state index in [0.717, 1.165) is 84.5 Å². The lowest BCUT2D eigenvalue weighted by Crippen LogP contribution is -2.61. The van der Waals surface area contributed by atoms with Crippen LogP contribution in [0, 0.1) is 0 Å². The highest BCUT2D eigenvalue weighted by atomic mass is 16.3. The lowest BCUT2D eigenvalue weighted by atomic mass is 9.33. The van der Waals surface area contributed by atoms with E-state index in [-0.39, 0.29) is 44.6 Å². The molecule has 5 nitrogen and oxygen atoms in total. The van der Waals surface area contributed by atoms with Crippen LogP contribution >= 0.6 is 0 Å². The van der Waals surface area contributed by atoms with Gasteiger partial charge in [0.05, 0.1) is 11.4 Å². The molecule has 6 heteroatoms. The zero-order valence-electron chi connectivity index (χ0n) is 59.9. The number of benzene rings is 10. The van der Waals surface area contributed by atoms with Crippen molar-refractivity contribution in [2.75, 3.05) is 19.6 Å². The molecule has 2 aliphatic rings. The molecule has 3 heterocycles. The van der Waals surface area contributed by atoms with E-state index in [1.54, 1.807) is 0 Å². The fraction of sp³-hybridized carbons (Fsp3) is 0.318. The van der Waals surface area contributed by atoms with Gasteiger partial charge in [0.15, 0.2) is 5.58 Å². The van der Waals surface area contributed by atoms with Crippen molar-refractivity contribution in [3.8, 4) is 0 Å². The Balaban J connectivity index is 1.19. The van der Waals surface area contributed by atoms with Gasteiger partial charge < -0.3 is 24.0 Å². The van der Waals surface area contributed by atoms with Crippen LogP contribution in [-0.2, 0) is 37.9 Å². The molecule has 0 spiro atoms. The lowest BCUT2D eigenvalue weighted by Gasteiger charge is -2.46. The van der Waals surface area contributed by atoms with Gasteiger partial charge in [0.1, 0.15) is 5.58 Å². The van der Waals surface area contributed by atoms with Crippen LogP contribution in [0.3, 0.4) is 0 Å². The highest BCUT2D eigenvalue weighted by molar-refractivity contribution is 7.00. The topological polar surface area (TPSA) is 26.1 Å². The molecule has 0 saturated heterocycles. The van der Waals surface area contributed by atoms with Gasteiger partial charge in [-0.05, 0) is 196 Å². The summed E-state index contributed by atoms with van der Waals surface area (Å²) in [7, 11) is 0. The maximum Gasteiger partial charge on any atom is 0.252 e. The normalized spacial score (nSPS) is 13.7. The maximum absolute atomic E-state index is 7.26. The summed E-state index contributed by atoms with van der Waals surface area (Å²) >= 11 is 0. The quantitative estimate of drug-likeness (QED) is 0.141. The standard InChI is InChI=1S/C88H97BN4O/c1-82(2,3)56-26-38-63(39-27-56)90(64-40-28-57(29-41-64)83(4,5)6)69-53-76-80-77(54-69)93(75-49-37-62(88(19,20)21)51-73(75)89(80)72-50-61(87(16,17)18)36-48-74(72)92(76)67-46-34-60(35-47-67)86(13,14)15)68-52-71-70-24-22-23-25-79(70)94-81(71)78(55-68)91(65-42-30-58(31-43-65)84(7,8)9)66-44-32-59(33-45-66)85(10,11)12/h22-55H,1-21H3. The first-order valence-corrected chi connectivity index (χ1v) is 34.2. The van der Waals surface area contributed by atoms with E-state index in [9.17, 15) is 0 Å². The molecule has 0 radical (unpaired) electrons. The van der Waals surface area contributed by atoms with Gasteiger partial charge in [0.25, 0.3) is 6.71 Å². The van der Waals surface area contributed by atoms with E-state index in [4.69, 9.17) is 4.42 Å². The Labute approximate surface area is 562 Å². The van der Waals surface area contributed by atoms with E-state index < -0.39 is 0 Å². The number of anilines is 12. The predicted molar refractivity (Wildman–Crippen MR) is 408 cm³/mol. The highest BCUT2D eigenvalue weighted by Gasteiger charge is 2.46. The summed E-state index contributed by atoms with van der Waals surface area (Å²) in [4.78, 5) is 10.2. The SMILES string of the molecule is CC(C)(C)c1ccc(N(c2ccc(C(C)(C)C)cc2)c2cc3c4c(c2)N(c2cc(N(c5ccc(C(C)(C)C)cc5)c5ccc(C(C)(C)C)cc5)c5oc6ccccc6c5c2)c2ccc(C(C)(C)C)cc2B4c2cc(C(C)(C)C)ccc2N3c2ccc(C(C)(C)C)cc2)cc1. The van der Waals surface area contributed by atoms with Crippen molar-refractivity contribution in [3.05, 3.63) is 245 Å². The molecule has 1 aromatic heterocycles. The minimum absolute atomic E-state index is 0.0334. The number of rotatable bonds is 8. The molecule has 94 heavy (non-hydrogen) atoms. The van der Waals surface area contributed by atoms with Gasteiger partial charge in [-0.25, -0.2) is 0 Å². The average molecular weight is 1240 g/mol. The third-order valence-electron chi connectivity index (χ3n) is 19.9.